The molecule has 6 heteroatoms. The fourth-order valence-corrected chi connectivity index (χ4v) is 2.48. The van der Waals surface area contributed by atoms with E-state index in [-0.39, 0.29) is 5.56 Å². The van der Waals surface area contributed by atoms with Crippen LogP contribution >= 0.6 is 11.6 Å². The zero-order chi connectivity index (χ0) is 13.9. The van der Waals surface area contributed by atoms with E-state index in [0.29, 0.717) is 0 Å². The maximum atomic E-state index is 11.0. The smallest absolute Gasteiger partial charge is 0.264 e. The Morgan fingerprint density at radius 3 is 2.20 bits per heavy atom. The average Bonchev–Trinajstić information content (AvgIpc) is 2.49. The van der Waals surface area contributed by atoms with Crippen LogP contribution < -0.4 is 15.4 Å². The number of benzene rings is 1. The van der Waals surface area contributed by atoms with Crippen molar-refractivity contribution in [3.05, 3.63) is 51.8 Å². The number of aromatic amines is 1. The quantitative estimate of drug-likeness (QED) is 0.915. The molecular formula is C14H15ClN4O. The van der Waals surface area contributed by atoms with Gasteiger partial charge in [-0.1, -0.05) is 11.6 Å². The highest BCUT2D eigenvalue weighted by atomic mass is 35.5. The van der Waals surface area contributed by atoms with Crippen molar-refractivity contribution in [2.24, 2.45) is 0 Å². The molecule has 2 heterocycles. The van der Waals surface area contributed by atoms with Gasteiger partial charge in [-0.2, -0.15) is 5.10 Å². The van der Waals surface area contributed by atoms with Gasteiger partial charge < -0.3 is 9.80 Å². The Balaban J connectivity index is 1.66. The Morgan fingerprint density at radius 1 is 0.950 bits per heavy atom. The minimum absolute atomic E-state index is 0.173. The highest BCUT2D eigenvalue weighted by Crippen LogP contribution is 2.20. The van der Waals surface area contributed by atoms with Crippen molar-refractivity contribution >= 4 is 23.1 Å². The number of nitrogens with one attached hydrogen (secondary N) is 1. The van der Waals surface area contributed by atoms with Crippen LogP contribution in [0.1, 0.15) is 0 Å². The van der Waals surface area contributed by atoms with Gasteiger partial charge in [0.25, 0.3) is 5.56 Å². The highest BCUT2D eigenvalue weighted by molar-refractivity contribution is 6.30. The summed E-state index contributed by atoms with van der Waals surface area (Å²) >= 11 is 5.90. The van der Waals surface area contributed by atoms with Crippen molar-refractivity contribution in [3.8, 4) is 0 Å². The molecular weight excluding hydrogens is 276 g/mol. The summed E-state index contributed by atoms with van der Waals surface area (Å²) in [7, 11) is 0. The van der Waals surface area contributed by atoms with Crippen molar-refractivity contribution in [2.75, 3.05) is 36.0 Å². The number of piperazine rings is 1. The van der Waals surface area contributed by atoms with E-state index in [9.17, 15) is 4.79 Å². The molecule has 0 radical (unpaired) electrons. The largest absolute Gasteiger partial charge is 0.368 e. The van der Waals surface area contributed by atoms with Gasteiger partial charge in [-0.3, -0.25) is 4.79 Å². The number of anilines is 2. The van der Waals surface area contributed by atoms with Gasteiger partial charge in [-0.15, -0.1) is 0 Å². The van der Waals surface area contributed by atoms with Gasteiger partial charge in [0, 0.05) is 43.0 Å². The van der Waals surface area contributed by atoms with Gasteiger partial charge in [0.1, 0.15) is 5.82 Å². The molecule has 0 atom stereocenters. The lowest BCUT2D eigenvalue weighted by Gasteiger charge is -2.36. The summed E-state index contributed by atoms with van der Waals surface area (Å²) in [5.74, 6) is 0.820. The summed E-state index contributed by atoms with van der Waals surface area (Å²) in [6.07, 6.45) is 0. The first-order valence-electron chi connectivity index (χ1n) is 6.53. The van der Waals surface area contributed by atoms with Crippen LogP contribution in [0.15, 0.2) is 41.2 Å². The van der Waals surface area contributed by atoms with E-state index in [4.69, 9.17) is 11.6 Å². The second kappa shape index (κ2) is 5.54. The number of hydrogen-bond acceptors (Lipinski definition) is 4. The first-order chi connectivity index (χ1) is 9.72. The van der Waals surface area contributed by atoms with E-state index >= 15 is 0 Å². The molecule has 1 fully saturated rings. The number of nitrogens with zero attached hydrogens (tertiary/aromatic N) is 3. The number of aromatic nitrogens is 2. The van der Waals surface area contributed by atoms with Crippen molar-refractivity contribution in [3.63, 3.8) is 0 Å². The van der Waals surface area contributed by atoms with Gasteiger partial charge in [0.15, 0.2) is 0 Å². The lowest BCUT2D eigenvalue weighted by Crippen LogP contribution is -2.47. The van der Waals surface area contributed by atoms with Crippen molar-refractivity contribution < 1.29 is 0 Å². The number of rotatable bonds is 2. The predicted octanol–water partition coefficient (Wildman–Crippen LogP) is 1.75. The van der Waals surface area contributed by atoms with Gasteiger partial charge >= 0.3 is 0 Å². The molecule has 1 aromatic carbocycles. The fourth-order valence-electron chi connectivity index (χ4n) is 2.36. The number of halogens is 1. The second-order valence-corrected chi connectivity index (χ2v) is 5.17. The minimum atomic E-state index is -0.173. The van der Waals surface area contributed by atoms with Crippen LogP contribution in [0.4, 0.5) is 11.5 Å². The molecule has 0 amide bonds. The third kappa shape index (κ3) is 2.77. The Morgan fingerprint density at radius 2 is 1.60 bits per heavy atom. The molecule has 0 spiro atoms. The number of hydrogen-bond donors (Lipinski definition) is 1. The van der Waals surface area contributed by atoms with Crippen LogP contribution in [0.5, 0.6) is 0 Å². The minimum Gasteiger partial charge on any atom is -0.368 e. The van der Waals surface area contributed by atoms with E-state index in [0.717, 1.165) is 37.0 Å². The zero-order valence-electron chi connectivity index (χ0n) is 10.9. The van der Waals surface area contributed by atoms with E-state index < -0.39 is 0 Å². The zero-order valence-corrected chi connectivity index (χ0v) is 11.7. The van der Waals surface area contributed by atoms with Crippen molar-refractivity contribution in [1.29, 1.82) is 0 Å². The second-order valence-electron chi connectivity index (χ2n) is 4.73. The molecule has 1 N–H and O–H groups in total. The summed E-state index contributed by atoms with van der Waals surface area (Å²) in [6.45, 7) is 3.59. The maximum Gasteiger partial charge on any atom is 0.264 e. The summed E-state index contributed by atoms with van der Waals surface area (Å²) in [4.78, 5) is 15.5. The SMILES string of the molecule is O=c1ccc(N2CCN(c3ccc(Cl)cc3)CC2)n[nH]1. The predicted molar refractivity (Wildman–Crippen MR) is 80.7 cm³/mol. The molecule has 0 saturated carbocycles. The standard InChI is InChI=1S/C14H15ClN4O/c15-11-1-3-12(4-2-11)18-7-9-19(10-8-18)13-5-6-14(20)17-16-13/h1-6H,7-10H2,(H,17,20). The van der Waals surface area contributed by atoms with E-state index in [2.05, 4.69) is 20.0 Å². The van der Waals surface area contributed by atoms with Crippen LogP contribution in [-0.4, -0.2) is 36.4 Å². The van der Waals surface area contributed by atoms with E-state index in [1.165, 1.54) is 11.8 Å². The third-order valence-corrected chi connectivity index (χ3v) is 3.71. The first kappa shape index (κ1) is 13.0. The molecule has 1 saturated heterocycles. The molecule has 104 valence electrons. The van der Waals surface area contributed by atoms with Gasteiger partial charge in [-0.05, 0) is 30.3 Å². The highest BCUT2D eigenvalue weighted by Gasteiger charge is 2.18. The molecule has 2 aromatic rings. The third-order valence-electron chi connectivity index (χ3n) is 3.46. The van der Waals surface area contributed by atoms with Gasteiger partial charge in [0.2, 0.25) is 0 Å². The molecule has 1 aromatic heterocycles. The molecule has 1 aliphatic rings. The van der Waals surface area contributed by atoms with E-state index in [1.54, 1.807) is 6.07 Å². The molecule has 0 unspecified atom stereocenters. The van der Waals surface area contributed by atoms with Crippen LogP contribution in [-0.2, 0) is 0 Å². The van der Waals surface area contributed by atoms with Gasteiger partial charge in [0.05, 0.1) is 0 Å². The Hall–Kier alpha value is -2.01. The average molecular weight is 291 g/mol. The Bertz CT molecular complexity index is 612. The van der Waals surface area contributed by atoms with Crippen molar-refractivity contribution in [1.82, 2.24) is 10.2 Å². The lowest BCUT2D eigenvalue weighted by molar-refractivity contribution is 0.643. The summed E-state index contributed by atoms with van der Waals surface area (Å²) in [5, 5.41) is 7.29. The normalized spacial score (nSPS) is 15.4. The van der Waals surface area contributed by atoms with Crippen molar-refractivity contribution in [2.45, 2.75) is 0 Å². The molecule has 1 aliphatic heterocycles. The first-order valence-corrected chi connectivity index (χ1v) is 6.91. The number of H-pyrrole nitrogens is 1. The Kier molecular flexibility index (Phi) is 3.60. The lowest BCUT2D eigenvalue weighted by atomic mass is 10.2. The Labute approximate surface area is 121 Å². The monoisotopic (exact) mass is 290 g/mol. The summed E-state index contributed by atoms with van der Waals surface area (Å²) in [6, 6.07) is 11.2. The molecule has 3 rings (SSSR count). The van der Waals surface area contributed by atoms with Gasteiger partial charge in [-0.25, -0.2) is 5.10 Å². The van der Waals surface area contributed by atoms with Crippen LogP contribution in [0.25, 0.3) is 0 Å². The van der Waals surface area contributed by atoms with Crippen LogP contribution in [0.3, 0.4) is 0 Å². The molecule has 20 heavy (non-hydrogen) atoms. The molecule has 0 bridgehead atoms. The molecule has 0 aliphatic carbocycles. The van der Waals surface area contributed by atoms with Crippen LogP contribution in [0.2, 0.25) is 5.02 Å². The maximum absolute atomic E-state index is 11.0. The summed E-state index contributed by atoms with van der Waals surface area (Å²) < 4.78 is 0. The summed E-state index contributed by atoms with van der Waals surface area (Å²) in [5.41, 5.74) is 1.01. The van der Waals surface area contributed by atoms with Crippen LogP contribution in [0, 0.1) is 0 Å². The molecule has 5 nitrogen and oxygen atoms in total. The fraction of sp³-hybridized carbons (Fsp3) is 0.286. The topological polar surface area (TPSA) is 52.2 Å². The van der Waals surface area contributed by atoms with E-state index in [1.807, 2.05) is 24.3 Å².